The van der Waals surface area contributed by atoms with Gasteiger partial charge in [0.15, 0.2) is 0 Å². The fraction of sp³-hybridized carbons (Fsp3) is 0.0769. The molecule has 0 radical (unpaired) electrons. The summed E-state index contributed by atoms with van der Waals surface area (Å²) in [6.07, 6.45) is 3.14. The summed E-state index contributed by atoms with van der Waals surface area (Å²) in [7, 11) is 0. The summed E-state index contributed by atoms with van der Waals surface area (Å²) in [6.45, 7) is 0. The van der Waals surface area contributed by atoms with E-state index in [1.54, 1.807) is 12.3 Å². The smallest absolute Gasteiger partial charge is 0.253 e. The number of hydrogen-bond acceptors (Lipinski definition) is 2. The standard InChI is InChI=1S/C13H9Cl2NO/c14-6-9-1-3-10(4-2-9)11-5-12(13(15)17)8-16-7-11/h1-5,7-8H,6H2. The van der Waals surface area contributed by atoms with Crippen molar-refractivity contribution in [2.45, 2.75) is 5.88 Å². The molecule has 2 aromatic rings. The molecule has 0 saturated carbocycles. The summed E-state index contributed by atoms with van der Waals surface area (Å²) in [5.41, 5.74) is 3.28. The highest BCUT2D eigenvalue weighted by Gasteiger charge is 2.05. The number of carbonyl (C=O) groups is 1. The van der Waals surface area contributed by atoms with E-state index in [1.807, 2.05) is 24.3 Å². The molecule has 0 bridgehead atoms. The van der Waals surface area contributed by atoms with Gasteiger partial charge < -0.3 is 0 Å². The maximum atomic E-state index is 11.0. The van der Waals surface area contributed by atoms with Gasteiger partial charge >= 0.3 is 0 Å². The molecule has 1 aromatic carbocycles. The van der Waals surface area contributed by atoms with Crippen LogP contribution in [0.5, 0.6) is 0 Å². The van der Waals surface area contributed by atoms with Crippen molar-refractivity contribution in [2.24, 2.45) is 0 Å². The molecule has 0 unspecified atom stereocenters. The molecule has 2 rings (SSSR count). The lowest BCUT2D eigenvalue weighted by molar-refractivity contribution is 0.108. The van der Waals surface area contributed by atoms with Crippen molar-refractivity contribution >= 4 is 28.4 Å². The van der Waals surface area contributed by atoms with Crippen LogP contribution >= 0.6 is 23.2 Å². The van der Waals surface area contributed by atoms with Crippen LogP contribution in [0.15, 0.2) is 42.7 Å². The molecule has 1 aromatic heterocycles. The number of hydrogen-bond donors (Lipinski definition) is 0. The summed E-state index contributed by atoms with van der Waals surface area (Å²) in [6, 6.07) is 9.49. The van der Waals surface area contributed by atoms with Gasteiger partial charge in [0.25, 0.3) is 5.24 Å². The monoisotopic (exact) mass is 265 g/mol. The van der Waals surface area contributed by atoms with Crippen LogP contribution in [0.2, 0.25) is 0 Å². The normalized spacial score (nSPS) is 10.2. The molecule has 0 aliphatic carbocycles. The minimum absolute atomic E-state index is 0.394. The van der Waals surface area contributed by atoms with Gasteiger partial charge in [-0.3, -0.25) is 9.78 Å². The van der Waals surface area contributed by atoms with Crippen molar-refractivity contribution in [1.29, 1.82) is 0 Å². The minimum atomic E-state index is -0.503. The van der Waals surface area contributed by atoms with Gasteiger partial charge in [0.1, 0.15) is 0 Å². The third kappa shape index (κ3) is 2.84. The Labute approximate surface area is 109 Å². The van der Waals surface area contributed by atoms with Crippen LogP contribution < -0.4 is 0 Å². The Kier molecular flexibility index (Phi) is 3.77. The summed E-state index contributed by atoms with van der Waals surface area (Å²) in [5.74, 6) is 0.485. The Balaban J connectivity index is 2.38. The highest BCUT2D eigenvalue weighted by atomic mass is 35.5. The van der Waals surface area contributed by atoms with Gasteiger partial charge in [-0.2, -0.15) is 0 Å². The molecule has 0 amide bonds. The van der Waals surface area contributed by atoms with Gasteiger partial charge in [-0.25, -0.2) is 0 Å². The molecule has 4 heteroatoms. The zero-order chi connectivity index (χ0) is 12.3. The summed E-state index contributed by atoms with van der Waals surface area (Å²) in [4.78, 5) is 15.0. The second-order valence-electron chi connectivity index (χ2n) is 3.57. The van der Waals surface area contributed by atoms with Gasteiger partial charge in [0, 0.05) is 23.8 Å². The van der Waals surface area contributed by atoms with E-state index in [0.717, 1.165) is 16.7 Å². The van der Waals surface area contributed by atoms with E-state index in [2.05, 4.69) is 4.98 Å². The molecule has 0 saturated heterocycles. The van der Waals surface area contributed by atoms with Crippen molar-refractivity contribution < 1.29 is 4.79 Å². The van der Waals surface area contributed by atoms with Crippen molar-refractivity contribution in [2.75, 3.05) is 0 Å². The summed E-state index contributed by atoms with van der Waals surface area (Å²) in [5, 5.41) is -0.503. The number of pyridine rings is 1. The molecule has 0 atom stereocenters. The lowest BCUT2D eigenvalue weighted by Gasteiger charge is -2.03. The van der Waals surface area contributed by atoms with Crippen LogP contribution in [0.4, 0.5) is 0 Å². The number of carbonyl (C=O) groups excluding carboxylic acids is 1. The summed E-state index contributed by atoms with van der Waals surface area (Å²) >= 11 is 11.1. The molecule has 0 aliphatic heterocycles. The van der Waals surface area contributed by atoms with Gasteiger partial charge in [-0.1, -0.05) is 24.3 Å². The first-order valence-electron chi connectivity index (χ1n) is 5.01. The second-order valence-corrected chi connectivity index (χ2v) is 4.18. The predicted molar refractivity (Wildman–Crippen MR) is 69.4 cm³/mol. The molecular weight excluding hydrogens is 257 g/mol. The number of aromatic nitrogens is 1. The van der Waals surface area contributed by atoms with E-state index >= 15 is 0 Å². The van der Waals surface area contributed by atoms with Crippen molar-refractivity contribution in [3.05, 3.63) is 53.9 Å². The van der Waals surface area contributed by atoms with Crippen LogP contribution in [0.25, 0.3) is 11.1 Å². The Hall–Kier alpha value is -1.38. The Morgan fingerprint density at radius 1 is 1.12 bits per heavy atom. The predicted octanol–water partition coefficient (Wildman–Crippen LogP) is 3.87. The van der Waals surface area contributed by atoms with E-state index in [9.17, 15) is 4.79 Å². The molecule has 0 fully saturated rings. The molecule has 2 nitrogen and oxygen atoms in total. The van der Waals surface area contributed by atoms with E-state index in [-0.39, 0.29) is 0 Å². The second kappa shape index (κ2) is 5.30. The van der Waals surface area contributed by atoms with Crippen LogP contribution in [-0.4, -0.2) is 10.2 Å². The third-order valence-electron chi connectivity index (χ3n) is 2.41. The lowest BCUT2D eigenvalue weighted by Crippen LogP contribution is -1.91. The van der Waals surface area contributed by atoms with Crippen LogP contribution in [0.1, 0.15) is 15.9 Å². The van der Waals surface area contributed by atoms with E-state index in [0.29, 0.717) is 11.4 Å². The zero-order valence-electron chi connectivity index (χ0n) is 8.86. The van der Waals surface area contributed by atoms with Gasteiger partial charge in [-0.05, 0) is 28.8 Å². The van der Waals surface area contributed by atoms with Gasteiger partial charge in [0.05, 0.1) is 5.56 Å². The maximum Gasteiger partial charge on any atom is 0.253 e. The van der Waals surface area contributed by atoms with E-state index < -0.39 is 5.24 Å². The number of benzene rings is 1. The molecule has 1 heterocycles. The van der Waals surface area contributed by atoms with Gasteiger partial charge in [-0.15, -0.1) is 11.6 Å². The Morgan fingerprint density at radius 3 is 2.41 bits per heavy atom. The number of nitrogens with zero attached hydrogens (tertiary/aromatic N) is 1. The molecule has 0 spiro atoms. The first-order valence-corrected chi connectivity index (χ1v) is 5.92. The zero-order valence-corrected chi connectivity index (χ0v) is 10.4. The quantitative estimate of drug-likeness (QED) is 0.623. The average Bonchev–Trinajstić information content (AvgIpc) is 2.39. The highest BCUT2D eigenvalue weighted by Crippen LogP contribution is 2.21. The van der Waals surface area contributed by atoms with E-state index in [4.69, 9.17) is 23.2 Å². The number of rotatable bonds is 3. The van der Waals surface area contributed by atoms with Gasteiger partial charge in [0.2, 0.25) is 0 Å². The lowest BCUT2D eigenvalue weighted by atomic mass is 10.0. The summed E-state index contributed by atoms with van der Waals surface area (Å²) < 4.78 is 0. The highest BCUT2D eigenvalue weighted by molar-refractivity contribution is 6.67. The number of halogens is 2. The fourth-order valence-electron chi connectivity index (χ4n) is 1.49. The maximum absolute atomic E-state index is 11.0. The van der Waals surface area contributed by atoms with Crippen LogP contribution in [-0.2, 0) is 5.88 Å². The van der Waals surface area contributed by atoms with E-state index in [1.165, 1.54) is 6.20 Å². The first-order chi connectivity index (χ1) is 8.20. The molecule has 86 valence electrons. The molecule has 0 N–H and O–H groups in total. The Bertz CT molecular complexity index is 537. The van der Waals surface area contributed by atoms with Crippen molar-refractivity contribution in [1.82, 2.24) is 4.98 Å². The molecule has 0 aliphatic rings. The first kappa shape index (κ1) is 12.1. The van der Waals surface area contributed by atoms with Crippen molar-refractivity contribution in [3.8, 4) is 11.1 Å². The van der Waals surface area contributed by atoms with Crippen LogP contribution in [0.3, 0.4) is 0 Å². The topological polar surface area (TPSA) is 30.0 Å². The average molecular weight is 266 g/mol. The minimum Gasteiger partial charge on any atom is -0.276 e. The fourth-order valence-corrected chi connectivity index (χ4v) is 1.77. The largest absolute Gasteiger partial charge is 0.276 e. The Morgan fingerprint density at radius 2 is 1.82 bits per heavy atom. The number of alkyl halides is 1. The third-order valence-corrected chi connectivity index (χ3v) is 2.93. The molecular formula is C13H9Cl2NO. The van der Waals surface area contributed by atoms with Crippen LogP contribution in [0, 0.1) is 0 Å². The SMILES string of the molecule is O=C(Cl)c1cncc(-c2ccc(CCl)cc2)c1. The molecule has 17 heavy (non-hydrogen) atoms. The van der Waals surface area contributed by atoms with Crippen molar-refractivity contribution in [3.63, 3.8) is 0 Å².